The fourth-order valence-corrected chi connectivity index (χ4v) is 5.42. The number of hydrogen-bond acceptors (Lipinski definition) is 6. The van der Waals surface area contributed by atoms with E-state index in [0.717, 1.165) is 25.2 Å². The Morgan fingerprint density at radius 2 is 1.88 bits per heavy atom. The lowest BCUT2D eigenvalue weighted by molar-refractivity contribution is -0.137. The van der Waals surface area contributed by atoms with Gasteiger partial charge in [-0.25, -0.2) is 22.6 Å². The van der Waals surface area contributed by atoms with Crippen LogP contribution in [0.25, 0.3) is 5.65 Å². The fourth-order valence-electron chi connectivity index (χ4n) is 3.82. The second-order valence-electron chi connectivity index (χ2n) is 7.91. The minimum absolute atomic E-state index is 0.108. The van der Waals surface area contributed by atoms with Crippen molar-refractivity contribution in [2.45, 2.75) is 24.5 Å². The van der Waals surface area contributed by atoms with Crippen LogP contribution in [0, 0.1) is 6.92 Å². The molecular formula is C20H22BrF3N6O2S. The largest absolute Gasteiger partial charge is 0.416 e. The highest BCUT2D eigenvalue weighted by Crippen LogP contribution is 2.33. The van der Waals surface area contributed by atoms with Crippen LogP contribution in [0.4, 0.5) is 18.9 Å². The van der Waals surface area contributed by atoms with Crippen molar-refractivity contribution in [3.63, 3.8) is 0 Å². The van der Waals surface area contributed by atoms with Crippen LogP contribution in [0.2, 0.25) is 0 Å². The van der Waals surface area contributed by atoms with Crippen LogP contribution in [0.5, 0.6) is 0 Å². The summed E-state index contributed by atoms with van der Waals surface area (Å²) in [6.45, 7) is 4.02. The first-order chi connectivity index (χ1) is 15.5. The summed E-state index contributed by atoms with van der Waals surface area (Å²) in [7, 11) is -2.13. The Kier molecular flexibility index (Phi) is 6.42. The van der Waals surface area contributed by atoms with E-state index in [9.17, 15) is 21.6 Å². The molecule has 0 bridgehead atoms. The molecule has 0 unspecified atom stereocenters. The molecule has 8 nitrogen and oxygen atoms in total. The lowest BCUT2D eigenvalue weighted by atomic mass is 10.1. The number of alkyl halides is 3. The molecule has 3 aromatic rings. The molecule has 1 aliphatic rings. The van der Waals surface area contributed by atoms with E-state index in [1.807, 2.05) is 11.9 Å². The Morgan fingerprint density at radius 3 is 2.55 bits per heavy atom. The van der Waals surface area contributed by atoms with Crippen LogP contribution in [0.1, 0.15) is 16.8 Å². The Labute approximate surface area is 197 Å². The molecule has 2 aromatic heterocycles. The zero-order valence-corrected chi connectivity index (χ0v) is 20.3. The minimum atomic E-state index is -4.54. The average molecular weight is 547 g/mol. The number of sulfonamides is 1. The first-order valence-electron chi connectivity index (χ1n) is 10.1. The molecule has 3 heterocycles. The van der Waals surface area contributed by atoms with Gasteiger partial charge < -0.3 is 9.80 Å². The third kappa shape index (κ3) is 5.00. The van der Waals surface area contributed by atoms with Gasteiger partial charge in [-0.05, 0) is 53.7 Å². The second kappa shape index (κ2) is 8.85. The smallest absolute Gasteiger partial charge is 0.369 e. The van der Waals surface area contributed by atoms with Gasteiger partial charge in [0.25, 0.3) is 0 Å². The van der Waals surface area contributed by atoms with Gasteiger partial charge in [0.15, 0.2) is 5.65 Å². The molecule has 0 atom stereocenters. The van der Waals surface area contributed by atoms with Gasteiger partial charge in [0.1, 0.15) is 4.90 Å². The first kappa shape index (κ1) is 23.9. The van der Waals surface area contributed by atoms with Gasteiger partial charge in [0, 0.05) is 50.8 Å². The molecule has 13 heteroatoms. The number of likely N-dealkylation sites (N-methyl/N-ethyl adjacent to an activating group) is 1. The number of rotatable bonds is 5. The zero-order chi connectivity index (χ0) is 24.0. The van der Waals surface area contributed by atoms with Crippen molar-refractivity contribution in [3.05, 3.63) is 51.9 Å². The number of aryl methyl sites for hydroxylation is 1. The van der Waals surface area contributed by atoms with Gasteiger partial charge in [-0.15, -0.1) is 0 Å². The van der Waals surface area contributed by atoms with Gasteiger partial charge in [-0.1, -0.05) is 0 Å². The maximum atomic E-state index is 13.4. The van der Waals surface area contributed by atoms with Gasteiger partial charge in [-0.2, -0.15) is 18.3 Å². The first-order valence-corrected chi connectivity index (χ1v) is 12.4. The number of nitrogens with zero attached hydrogens (tertiary/aromatic N) is 5. The Bertz CT molecular complexity index is 1290. The second-order valence-corrected chi connectivity index (χ2v) is 10.5. The number of anilines is 1. The highest BCUT2D eigenvalue weighted by molar-refractivity contribution is 9.10. The summed E-state index contributed by atoms with van der Waals surface area (Å²) in [4.78, 5) is 8.13. The highest BCUT2D eigenvalue weighted by Gasteiger charge is 2.32. The van der Waals surface area contributed by atoms with Crippen molar-refractivity contribution >= 4 is 37.3 Å². The number of fused-ring (bicyclic) bond motifs is 1. The van der Waals surface area contributed by atoms with Crippen molar-refractivity contribution < 1.29 is 21.6 Å². The van der Waals surface area contributed by atoms with Crippen LogP contribution < -0.4 is 9.62 Å². The molecule has 1 aliphatic heterocycles. The van der Waals surface area contributed by atoms with Crippen LogP contribution in [-0.2, 0) is 22.7 Å². The lowest BCUT2D eigenvalue weighted by Gasteiger charge is -2.35. The third-order valence-electron chi connectivity index (χ3n) is 5.53. The predicted octanol–water partition coefficient (Wildman–Crippen LogP) is 3.05. The van der Waals surface area contributed by atoms with E-state index in [-0.39, 0.29) is 28.3 Å². The van der Waals surface area contributed by atoms with E-state index in [4.69, 9.17) is 0 Å². The minimum Gasteiger partial charge on any atom is -0.369 e. The molecule has 1 N–H and O–H groups in total. The molecule has 178 valence electrons. The van der Waals surface area contributed by atoms with E-state index >= 15 is 0 Å². The fraction of sp³-hybridized carbons (Fsp3) is 0.400. The van der Waals surface area contributed by atoms with Crippen molar-refractivity contribution in [2.24, 2.45) is 0 Å². The maximum Gasteiger partial charge on any atom is 0.416 e. The van der Waals surface area contributed by atoms with Gasteiger partial charge in [-0.3, -0.25) is 0 Å². The summed E-state index contributed by atoms with van der Waals surface area (Å²) in [5.41, 5.74) is 0.372. The standard InChI is InChI=1S/C20H22BrF3N6O2S/c1-13-18(19-25-11-16(21)12-30(19)27-13)33(31,32)26-10-14-9-15(20(22,23)24)3-4-17(14)29-7-5-28(2)6-8-29/h3-4,9,11-12,26H,5-8,10H2,1-2H3. The van der Waals surface area contributed by atoms with Gasteiger partial charge in [0.2, 0.25) is 10.0 Å². The van der Waals surface area contributed by atoms with E-state index in [2.05, 4.69) is 35.6 Å². The number of piperazine rings is 1. The maximum absolute atomic E-state index is 13.4. The van der Waals surface area contributed by atoms with Gasteiger partial charge >= 0.3 is 6.18 Å². The van der Waals surface area contributed by atoms with E-state index in [0.29, 0.717) is 23.2 Å². The van der Waals surface area contributed by atoms with E-state index in [1.165, 1.54) is 23.7 Å². The number of halogens is 4. The predicted molar refractivity (Wildman–Crippen MR) is 121 cm³/mol. The molecule has 0 aliphatic carbocycles. The normalized spacial score (nSPS) is 16.0. The molecule has 0 saturated carbocycles. The summed E-state index contributed by atoms with van der Waals surface area (Å²) < 4.78 is 70.8. The quantitative estimate of drug-likeness (QED) is 0.529. The molecule has 1 saturated heterocycles. The Hall–Kier alpha value is -2.22. The molecule has 1 aromatic carbocycles. The zero-order valence-electron chi connectivity index (χ0n) is 17.9. The SMILES string of the molecule is Cc1nn2cc(Br)cnc2c1S(=O)(=O)NCc1cc(C(F)(F)F)ccc1N1CCN(C)CC1. The number of nitrogens with one attached hydrogen (secondary N) is 1. The summed E-state index contributed by atoms with van der Waals surface area (Å²) >= 11 is 3.26. The molecule has 0 amide bonds. The Balaban J connectivity index is 1.67. The lowest BCUT2D eigenvalue weighted by Crippen LogP contribution is -2.45. The molecule has 0 radical (unpaired) electrons. The Morgan fingerprint density at radius 1 is 1.18 bits per heavy atom. The van der Waals surface area contributed by atoms with Crippen molar-refractivity contribution in [1.82, 2.24) is 24.2 Å². The van der Waals surface area contributed by atoms with Crippen molar-refractivity contribution in [3.8, 4) is 0 Å². The van der Waals surface area contributed by atoms with Gasteiger partial charge in [0.05, 0.1) is 15.7 Å². The average Bonchev–Trinajstić information content (AvgIpc) is 3.07. The number of benzene rings is 1. The van der Waals surface area contributed by atoms with Crippen molar-refractivity contribution in [2.75, 3.05) is 38.1 Å². The van der Waals surface area contributed by atoms with E-state index in [1.54, 1.807) is 6.20 Å². The van der Waals surface area contributed by atoms with E-state index < -0.39 is 21.8 Å². The number of aromatic nitrogens is 3. The monoisotopic (exact) mass is 546 g/mol. The summed E-state index contributed by atoms with van der Waals surface area (Å²) in [5.74, 6) is 0. The van der Waals surface area contributed by atoms with Crippen LogP contribution in [-0.4, -0.2) is 61.1 Å². The van der Waals surface area contributed by atoms with Crippen LogP contribution in [0.3, 0.4) is 0 Å². The van der Waals surface area contributed by atoms with Crippen molar-refractivity contribution in [1.29, 1.82) is 0 Å². The number of hydrogen-bond donors (Lipinski definition) is 1. The summed E-state index contributed by atoms with van der Waals surface area (Å²) in [5, 5.41) is 4.18. The third-order valence-corrected chi connectivity index (χ3v) is 7.48. The summed E-state index contributed by atoms with van der Waals surface area (Å²) in [6, 6.07) is 3.45. The van der Waals surface area contributed by atoms with Crippen LogP contribution in [0.15, 0.2) is 40.0 Å². The highest BCUT2D eigenvalue weighted by atomic mass is 79.9. The molecular weight excluding hydrogens is 525 g/mol. The topological polar surface area (TPSA) is 82.8 Å². The molecule has 33 heavy (non-hydrogen) atoms. The summed E-state index contributed by atoms with van der Waals surface area (Å²) in [6.07, 6.45) is -1.51. The molecule has 1 fully saturated rings. The molecule has 0 spiro atoms. The van der Waals surface area contributed by atoms with Crippen LogP contribution >= 0.6 is 15.9 Å². The molecule has 4 rings (SSSR count).